The fourth-order valence-corrected chi connectivity index (χ4v) is 3.92. The van der Waals surface area contributed by atoms with Gasteiger partial charge in [0.15, 0.2) is 5.76 Å². The van der Waals surface area contributed by atoms with Crippen molar-refractivity contribution in [1.29, 1.82) is 0 Å². The number of nitrogens with zero attached hydrogens (tertiary/aromatic N) is 1. The van der Waals surface area contributed by atoms with E-state index in [4.69, 9.17) is 16.0 Å². The van der Waals surface area contributed by atoms with Gasteiger partial charge in [0, 0.05) is 23.1 Å². The number of hydrogen-bond donors (Lipinski definition) is 2. The highest BCUT2D eigenvalue weighted by atomic mass is 35.5. The molecule has 3 aromatic rings. The third-order valence-electron chi connectivity index (χ3n) is 5.47. The molecular weight excluding hydrogens is 490 g/mol. The number of alkyl halides is 3. The molecule has 1 heterocycles. The van der Waals surface area contributed by atoms with Crippen molar-refractivity contribution in [2.75, 3.05) is 5.32 Å². The van der Waals surface area contributed by atoms with E-state index in [0.29, 0.717) is 41.9 Å². The summed E-state index contributed by atoms with van der Waals surface area (Å²) in [6, 6.07) is 7.57. The van der Waals surface area contributed by atoms with E-state index in [1.807, 2.05) is 0 Å². The summed E-state index contributed by atoms with van der Waals surface area (Å²) in [5.41, 5.74) is 2.94. The number of hydrogen-bond acceptors (Lipinski definition) is 4. The van der Waals surface area contributed by atoms with E-state index in [2.05, 4.69) is 15.8 Å². The van der Waals surface area contributed by atoms with E-state index in [1.54, 1.807) is 6.92 Å². The van der Waals surface area contributed by atoms with Gasteiger partial charge in [-0.1, -0.05) is 11.6 Å². The number of nitrogens with one attached hydrogen (secondary N) is 2. The second-order valence-corrected chi connectivity index (χ2v) is 8.27. The molecule has 6 nitrogen and oxygen atoms in total. The fourth-order valence-electron chi connectivity index (χ4n) is 3.76. The Balaban J connectivity index is 1.58. The van der Waals surface area contributed by atoms with Crippen LogP contribution in [0.25, 0.3) is 0 Å². The quantitative estimate of drug-likeness (QED) is 0.329. The molecule has 2 amide bonds. The van der Waals surface area contributed by atoms with Gasteiger partial charge in [-0.15, -0.1) is 0 Å². The van der Waals surface area contributed by atoms with Crippen LogP contribution in [0.2, 0.25) is 5.02 Å². The van der Waals surface area contributed by atoms with Gasteiger partial charge in [-0.05, 0) is 62.2 Å². The second kappa shape index (κ2) is 9.53. The van der Waals surface area contributed by atoms with E-state index in [9.17, 15) is 27.2 Å². The van der Waals surface area contributed by atoms with Crippen molar-refractivity contribution >= 4 is 34.8 Å². The molecule has 0 fully saturated rings. The van der Waals surface area contributed by atoms with E-state index in [0.717, 1.165) is 30.3 Å². The molecule has 1 aromatic heterocycles. The van der Waals surface area contributed by atoms with Crippen LogP contribution in [-0.2, 0) is 12.6 Å². The lowest BCUT2D eigenvalue weighted by Crippen LogP contribution is -2.22. The molecule has 0 saturated heterocycles. The molecule has 1 aliphatic carbocycles. The summed E-state index contributed by atoms with van der Waals surface area (Å²) in [5, 5.41) is 6.49. The molecule has 35 heavy (non-hydrogen) atoms. The highest BCUT2D eigenvalue weighted by molar-refractivity contribution is 6.34. The number of anilines is 1. The van der Waals surface area contributed by atoms with Crippen LogP contribution in [0.4, 0.5) is 23.2 Å². The summed E-state index contributed by atoms with van der Waals surface area (Å²) in [6.45, 7) is 1.62. The lowest BCUT2D eigenvalue weighted by Gasteiger charge is -2.13. The Bertz CT molecular complexity index is 1330. The van der Waals surface area contributed by atoms with Gasteiger partial charge in [0.05, 0.1) is 22.0 Å². The van der Waals surface area contributed by atoms with Crippen LogP contribution in [0.15, 0.2) is 52.0 Å². The maximum atomic E-state index is 13.1. The van der Waals surface area contributed by atoms with Gasteiger partial charge in [-0.3, -0.25) is 9.59 Å². The maximum absolute atomic E-state index is 13.1. The maximum Gasteiger partial charge on any atom is 0.416 e. The number of furan rings is 1. The van der Waals surface area contributed by atoms with Crippen molar-refractivity contribution in [2.45, 2.75) is 32.4 Å². The molecule has 0 saturated carbocycles. The Morgan fingerprint density at radius 3 is 2.46 bits per heavy atom. The van der Waals surface area contributed by atoms with Gasteiger partial charge in [-0.2, -0.15) is 18.3 Å². The first-order valence-electron chi connectivity index (χ1n) is 10.5. The number of aryl methyl sites for hydroxylation is 1. The van der Waals surface area contributed by atoms with Crippen LogP contribution >= 0.6 is 11.6 Å². The molecule has 1 aliphatic rings. The first-order valence-corrected chi connectivity index (χ1v) is 10.9. The molecule has 0 aliphatic heterocycles. The number of carbonyl (C=O) groups is 2. The number of hydrazone groups is 1. The molecule has 0 radical (unpaired) electrons. The minimum Gasteiger partial charge on any atom is -0.455 e. The second-order valence-electron chi connectivity index (χ2n) is 7.86. The lowest BCUT2D eigenvalue weighted by atomic mass is 9.93. The Morgan fingerprint density at radius 2 is 1.77 bits per heavy atom. The van der Waals surface area contributed by atoms with Gasteiger partial charge < -0.3 is 9.73 Å². The Hall–Kier alpha value is -3.66. The summed E-state index contributed by atoms with van der Waals surface area (Å²) in [4.78, 5) is 25.2. The summed E-state index contributed by atoms with van der Waals surface area (Å²) in [5.74, 6) is -1.40. The number of benzene rings is 2. The predicted octanol–water partition coefficient (Wildman–Crippen LogP) is 6.12. The predicted molar refractivity (Wildman–Crippen MR) is 121 cm³/mol. The van der Waals surface area contributed by atoms with Crippen LogP contribution in [-0.4, -0.2) is 17.5 Å². The number of halogens is 5. The molecule has 0 atom stereocenters. The van der Waals surface area contributed by atoms with Gasteiger partial charge in [0.1, 0.15) is 11.6 Å². The monoisotopic (exact) mass is 507 g/mol. The molecule has 0 spiro atoms. The SMILES string of the molecule is Cc1c(C(=O)Nc2cc(C(F)(F)F)ccc2Cl)oc2c1/C(=N/NC(=O)c1ccc(F)cc1)CCC2. The number of rotatable bonds is 4. The lowest BCUT2D eigenvalue weighted by molar-refractivity contribution is -0.137. The molecule has 182 valence electrons. The largest absolute Gasteiger partial charge is 0.455 e. The smallest absolute Gasteiger partial charge is 0.416 e. The fraction of sp³-hybridized carbons (Fsp3) is 0.208. The summed E-state index contributed by atoms with van der Waals surface area (Å²) >= 11 is 5.98. The van der Waals surface area contributed by atoms with Crippen LogP contribution in [0, 0.1) is 12.7 Å². The van der Waals surface area contributed by atoms with Gasteiger partial charge in [0.25, 0.3) is 11.8 Å². The zero-order valence-corrected chi connectivity index (χ0v) is 19.0. The molecule has 0 unspecified atom stereocenters. The van der Waals surface area contributed by atoms with Crippen LogP contribution < -0.4 is 10.7 Å². The van der Waals surface area contributed by atoms with Crippen LogP contribution in [0.1, 0.15) is 56.2 Å². The number of fused-ring (bicyclic) bond motifs is 1. The Morgan fingerprint density at radius 1 is 1.06 bits per heavy atom. The Kier molecular flexibility index (Phi) is 6.66. The number of amides is 2. The highest BCUT2D eigenvalue weighted by Crippen LogP contribution is 2.35. The molecule has 11 heteroatoms. The summed E-state index contributed by atoms with van der Waals surface area (Å²) in [7, 11) is 0. The highest BCUT2D eigenvalue weighted by Gasteiger charge is 2.32. The van der Waals surface area contributed by atoms with Gasteiger partial charge in [0.2, 0.25) is 0 Å². The van der Waals surface area contributed by atoms with Crippen molar-refractivity contribution in [2.24, 2.45) is 5.10 Å². The normalized spacial score (nSPS) is 14.5. The van der Waals surface area contributed by atoms with E-state index in [1.165, 1.54) is 12.1 Å². The first kappa shape index (κ1) is 24.5. The van der Waals surface area contributed by atoms with E-state index in [-0.39, 0.29) is 22.0 Å². The standard InChI is InChI=1S/C24H18ClF4N3O3/c1-12-20-17(31-32-22(33)13-5-8-15(26)9-6-13)3-2-4-19(20)35-21(12)23(34)30-18-11-14(24(27,28)29)7-10-16(18)25/h5-11H,2-4H2,1H3,(H,30,34)(H,32,33)/b31-17+. The van der Waals surface area contributed by atoms with E-state index >= 15 is 0 Å². The minimum atomic E-state index is -4.60. The zero-order valence-electron chi connectivity index (χ0n) is 18.2. The van der Waals surface area contributed by atoms with Gasteiger partial charge >= 0.3 is 6.18 Å². The molecular formula is C24H18ClF4N3O3. The van der Waals surface area contributed by atoms with E-state index < -0.39 is 29.4 Å². The molecule has 0 bridgehead atoms. The summed E-state index contributed by atoms with van der Waals surface area (Å²) in [6.07, 6.45) is -2.95. The van der Waals surface area contributed by atoms with Crippen LogP contribution in [0.5, 0.6) is 0 Å². The van der Waals surface area contributed by atoms with Crippen LogP contribution in [0.3, 0.4) is 0 Å². The average molecular weight is 508 g/mol. The molecule has 2 N–H and O–H groups in total. The topological polar surface area (TPSA) is 83.7 Å². The minimum absolute atomic E-state index is 0.0638. The van der Waals surface area contributed by atoms with Crippen molar-refractivity contribution in [3.8, 4) is 0 Å². The Labute approximate surface area is 202 Å². The average Bonchev–Trinajstić information content (AvgIpc) is 3.16. The zero-order chi connectivity index (χ0) is 25.3. The van der Waals surface area contributed by atoms with Gasteiger partial charge in [-0.25, -0.2) is 9.82 Å². The van der Waals surface area contributed by atoms with Crippen molar-refractivity contribution in [1.82, 2.24) is 5.43 Å². The number of carbonyl (C=O) groups excluding carboxylic acids is 2. The first-order chi connectivity index (χ1) is 16.5. The third kappa shape index (κ3) is 5.22. The van der Waals surface area contributed by atoms with Crippen molar-refractivity contribution in [3.63, 3.8) is 0 Å². The molecule has 2 aromatic carbocycles. The molecule has 4 rings (SSSR count). The third-order valence-corrected chi connectivity index (χ3v) is 5.80. The summed E-state index contributed by atoms with van der Waals surface area (Å²) < 4.78 is 57.9. The van der Waals surface area contributed by atoms with Crippen molar-refractivity contribution in [3.05, 3.63) is 87.1 Å². The van der Waals surface area contributed by atoms with Crippen molar-refractivity contribution < 1.29 is 31.6 Å².